The number of fused-ring (bicyclic) bond motifs is 1. The SMILES string of the molecule is Cc1cc(C2CCNCC2)cn2cc(-c3ccc(S(C)(=O)=O)cc3)nc12. The molecule has 0 unspecified atom stereocenters. The van der Waals surface area contributed by atoms with Crippen LogP contribution in [0.1, 0.15) is 29.9 Å². The van der Waals surface area contributed by atoms with E-state index in [-0.39, 0.29) is 0 Å². The van der Waals surface area contributed by atoms with Crippen molar-refractivity contribution in [3.63, 3.8) is 0 Å². The number of sulfone groups is 1. The molecule has 1 fully saturated rings. The van der Waals surface area contributed by atoms with Crippen molar-refractivity contribution in [3.05, 3.63) is 53.9 Å². The van der Waals surface area contributed by atoms with E-state index in [1.165, 1.54) is 30.2 Å². The molecule has 0 atom stereocenters. The Hall–Kier alpha value is -2.18. The molecule has 6 heteroatoms. The number of benzene rings is 1. The molecular formula is C20H23N3O2S. The normalized spacial score (nSPS) is 16.2. The van der Waals surface area contributed by atoms with Crippen molar-refractivity contribution in [1.29, 1.82) is 0 Å². The number of rotatable bonds is 3. The van der Waals surface area contributed by atoms with Gasteiger partial charge in [0.2, 0.25) is 0 Å². The van der Waals surface area contributed by atoms with Gasteiger partial charge in [-0.05, 0) is 62.0 Å². The van der Waals surface area contributed by atoms with Crippen LogP contribution >= 0.6 is 0 Å². The first-order valence-electron chi connectivity index (χ1n) is 8.92. The molecule has 1 aliphatic heterocycles. The summed E-state index contributed by atoms with van der Waals surface area (Å²) in [4.78, 5) is 5.09. The molecule has 1 aromatic carbocycles. The zero-order chi connectivity index (χ0) is 18.3. The third-order valence-corrected chi connectivity index (χ3v) is 6.27. The number of nitrogens with zero attached hydrogens (tertiary/aromatic N) is 2. The summed E-state index contributed by atoms with van der Waals surface area (Å²) in [6, 6.07) is 9.18. The van der Waals surface area contributed by atoms with Crippen molar-refractivity contribution in [2.75, 3.05) is 19.3 Å². The van der Waals surface area contributed by atoms with Gasteiger partial charge in [-0.15, -0.1) is 0 Å². The first-order valence-corrected chi connectivity index (χ1v) is 10.8. The number of hydrogen-bond acceptors (Lipinski definition) is 4. The smallest absolute Gasteiger partial charge is 0.175 e. The first kappa shape index (κ1) is 17.2. The maximum atomic E-state index is 11.6. The topological polar surface area (TPSA) is 63.5 Å². The lowest BCUT2D eigenvalue weighted by Gasteiger charge is -2.23. The fourth-order valence-electron chi connectivity index (χ4n) is 3.69. The largest absolute Gasteiger partial charge is 0.317 e. The molecule has 5 nitrogen and oxygen atoms in total. The first-order chi connectivity index (χ1) is 12.4. The summed E-state index contributed by atoms with van der Waals surface area (Å²) < 4.78 is 25.4. The molecule has 0 spiro atoms. The highest BCUT2D eigenvalue weighted by atomic mass is 32.2. The summed E-state index contributed by atoms with van der Waals surface area (Å²) in [6.07, 6.45) is 7.78. The van der Waals surface area contributed by atoms with Crippen LogP contribution in [0.3, 0.4) is 0 Å². The van der Waals surface area contributed by atoms with E-state index in [0.29, 0.717) is 10.8 Å². The Morgan fingerprint density at radius 3 is 2.46 bits per heavy atom. The molecule has 0 bridgehead atoms. The molecule has 1 saturated heterocycles. The molecule has 0 aliphatic carbocycles. The molecule has 3 heterocycles. The number of nitrogens with one attached hydrogen (secondary N) is 1. The van der Waals surface area contributed by atoms with Crippen LogP contribution < -0.4 is 5.32 Å². The van der Waals surface area contributed by atoms with Crippen LogP contribution in [0.5, 0.6) is 0 Å². The van der Waals surface area contributed by atoms with Gasteiger partial charge in [0, 0.05) is 24.2 Å². The van der Waals surface area contributed by atoms with Crippen LogP contribution in [0.15, 0.2) is 47.6 Å². The van der Waals surface area contributed by atoms with Gasteiger partial charge in [0.1, 0.15) is 5.65 Å². The second kappa shape index (κ2) is 6.52. The number of aromatic nitrogens is 2. The Morgan fingerprint density at radius 2 is 1.81 bits per heavy atom. The fraction of sp³-hybridized carbons (Fsp3) is 0.350. The molecule has 1 N–H and O–H groups in total. The minimum absolute atomic E-state index is 0.328. The number of hydrogen-bond donors (Lipinski definition) is 1. The van der Waals surface area contributed by atoms with E-state index >= 15 is 0 Å². The Balaban J connectivity index is 1.72. The predicted octanol–water partition coefficient (Wildman–Crippen LogP) is 3.18. The average Bonchev–Trinajstić information content (AvgIpc) is 3.07. The van der Waals surface area contributed by atoms with Crippen molar-refractivity contribution in [1.82, 2.24) is 14.7 Å². The number of imidazole rings is 1. The van der Waals surface area contributed by atoms with E-state index < -0.39 is 9.84 Å². The van der Waals surface area contributed by atoms with E-state index in [1.807, 2.05) is 18.3 Å². The lowest BCUT2D eigenvalue weighted by Crippen LogP contribution is -2.26. The van der Waals surface area contributed by atoms with Crippen molar-refractivity contribution >= 4 is 15.5 Å². The summed E-state index contributed by atoms with van der Waals surface area (Å²) in [6.45, 7) is 4.25. The third-order valence-electron chi connectivity index (χ3n) is 5.15. The van der Waals surface area contributed by atoms with Gasteiger partial charge < -0.3 is 9.72 Å². The Bertz CT molecular complexity index is 1050. The van der Waals surface area contributed by atoms with Crippen LogP contribution in [-0.4, -0.2) is 37.1 Å². The molecule has 0 radical (unpaired) electrons. The fourth-order valence-corrected chi connectivity index (χ4v) is 4.32. The van der Waals surface area contributed by atoms with Crippen LogP contribution in [0.25, 0.3) is 16.9 Å². The Kier molecular flexibility index (Phi) is 4.32. The minimum atomic E-state index is -3.18. The predicted molar refractivity (Wildman–Crippen MR) is 103 cm³/mol. The zero-order valence-electron chi connectivity index (χ0n) is 15.1. The van der Waals surface area contributed by atoms with Gasteiger partial charge in [-0.3, -0.25) is 0 Å². The van der Waals surface area contributed by atoms with Gasteiger partial charge in [0.25, 0.3) is 0 Å². The molecule has 2 aromatic heterocycles. The maximum absolute atomic E-state index is 11.6. The van der Waals surface area contributed by atoms with Crippen molar-refractivity contribution in [3.8, 4) is 11.3 Å². The van der Waals surface area contributed by atoms with Crippen LogP contribution in [0.4, 0.5) is 0 Å². The number of piperidine rings is 1. The monoisotopic (exact) mass is 369 g/mol. The second-order valence-electron chi connectivity index (χ2n) is 7.13. The minimum Gasteiger partial charge on any atom is -0.317 e. The maximum Gasteiger partial charge on any atom is 0.175 e. The Labute approximate surface area is 154 Å². The van der Waals surface area contributed by atoms with E-state index in [1.54, 1.807) is 12.1 Å². The van der Waals surface area contributed by atoms with E-state index in [4.69, 9.17) is 4.98 Å². The highest BCUT2D eigenvalue weighted by Gasteiger charge is 2.17. The zero-order valence-corrected chi connectivity index (χ0v) is 15.9. The Morgan fingerprint density at radius 1 is 1.12 bits per heavy atom. The molecule has 4 rings (SSSR count). The van der Waals surface area contributed by atoms with E-state index in [2.05, 4.69) is 28.9 Å². The molecule has 0 saturated carbocycles. The number of pyridine rings is 1. The molecule has 3 aromatic rings. The highest BCUT2D eigenvalue weighted by molar-refractivity contribution is 7.90. The second-order valence-corrected chi connectivity index (χ2v) is 9.15. The number of aryl methyl sites for hydroxylation is 1. The van der Waals surface area contributed by atoms with Gasteiger partial charge in [0.15, 0.2) is 9.84 Å². The summed E-state index contributed by atoms with van der Waals surface area (Å²) in [7, 11) is -3.18. The highest BCUT2D eigenvalue weighted by Crippen LogP contribution is 2.28. The van der Waals surface area contributed by atoms with Gasteiger partial charge in [-0.1, -0.05) is 18.2 Å². The summed E-state index contributed by atoms with van der Waals surface area (Å²) in [5.74, 6) is 0.597. The quantitative estimate of drug-likeness (QED) is 0.770. The molecule has 1 aliphatic rings. The summed E-state index contributed by atoms with van der Waals surface area (Å²) in [5.41, 5.74) is 5.26. The van der Waals surface area contributed by atoms with E-state index in [9.17, 15) is 8.42 Å². The summed E-state index contributed by atoms with van der Waals surface area (Å²) >= 11 is 0. The lowest BCUT2D eigenvalue weighted by atomic mass is 9.91. The van der Waals surface area contributed by atoms with Crippen molar-refractivity contribution in [2.24, 2.45) is 0 Å². The van der Waals surface area contributed by atoms with Crippen molar-refractivity contribution < 1.29 is 8.42 Å². The van der Waals surface area contributed by atoms with Gasteiger partial charge >= 0.3 is 0 Å². The van der Waals surface area contributed by atoms with Gasteiger partial charge in [-0.2, -0.15) is 0 Å². The van der Waals surface area contributed by atoms with Crippen LogP contribution in [-0.2, 0) is 9.84 Å². The standard InChI is InChI=1S/C20H23N3O2S/c1-14-11-17(15-7-9-21-10-8-15)12-23-13-19(22-20(14)23)16-3-5-18(6-4-16)26(2,24)25/h3-6,11-13,15,21H,7-10H2,1-2H3. The van der Waals surface area contributed by atoms with Crippen molar-refractivity contribution in [2.45, 2.75) is 30.6 Å². The molecule has 136 valence electrons. The molecule has 0 amide bonds. The van der Waals surface area contributed by atoms with Crippen LogP contribution in [0.2, 0.25) is 0 Å². The summed E-state index contributed by atoms with van der Waals surface area (Å²) in [5, 5.41) is 3.41. The van der Waals surface area contributed by atoms with Gasteiger partial charge in [0.05, 0.1) is 10.6 Å². The van der Waals surface area contributed by atoms with Gasteiger partial charge in [-0.25, -0.2) is 13.4 Å². The van der Waals surface area contributed by atoms with E-state index in [0.717, 1.165) is 30.0 Å². The molecular weight excluding hydrogens is 346 g/mol. The lowest BCUT2D eigenvalue weighted by molar-refractivity contribution is 0.459. The van der Waals surface area contributed by atoms with Crippen LogP contribution in [0, 0.1) is 6.92 Å². The third kappa shape index (κ3) is 3.27. The average molecular weight is 369 g/mol. The molecule has 26 heavy (non-hydrogen) atoms.